The number of carbonyl (C=O) groups excluding carboxylic acids is 1. The van der Waals surface area contributed by atoms with Gasteiger partial charge in [0.05, 0.1) is 11.1 Å². The molecule has 6 nitrogen and oxygen atoms in total. The number of fused-ring (bicyclic) bond motifs is 1. The normalized spacial score (nSPS) is 11.3. The number of benzene rings is 3. The molecule has 0 unspecified atom stereocenters. The molecule has 170 valence electrons. The number of aliphatic carboxylic acids is 1. The molecule has 1 aromatic heterocycles. The minimum Gasteiger partial charge on any atom is -0.508 e. The molecule has 0 aliphatic rings. The zero-order valence-electron chi connectivity index (χ0n) is 18.7. The molecule has 2 N–H and O–H groups in total. The number of ether oxygens (including phenoxy) is 1. The first kappa shape index (κ1) is 22.7. The summed E-state index contributed by atoms with van der Waals surface area (Å²) >= 11 is 0. The van der Waals surface area contributed by atoms with Crippen LogP contribution in [0.1, 0.15) is 46.8 Å². The predicted octanol–water partition coefficient (Wildman–Crippen LogP) is 6.18. The van der Waals surface area contributed by atoms with Gasteiger partial charge in [-0.15, -0.1) is 0 Å². The molecule has 4 rings (SSSR count). The van der Waals surface area contributed by atoms with Crippen molar-refractivity contribution in [3.63, 3.8) is 0 Å². The zero-order valence-corrected chi connectivity index (χ0v) is 18.7. The number of phenols is 1. The molecule has 4 aromatic rings. The van der Waals surface area contributed by atoms with Crippen molar-refractivity contribution in [1.29, 1.82) is 0 Å². The van der Waals surface area contributed by atoms with Gasteiger partial charge in [0.15, 0.2) is 5.78 Å². The molecule has 0 amide bonds. The Morgan fingerprint density at radius 1 is 0.971 bits per heavy atom. The highest BCUT2D eigenvalue weighted by molar-refractivity contribution is 6.14. The second-order valence-electron chi connectivity index (χ2n) is 8.12. The maximum atomic E-state index is 13.7. The molecule has 6 heteroatoms. The molecular weight excluding hydrogens is 430 g/mol. The number of ketones is 1. The standard InChI is InChI=1S/C28H23NO5/c1-17(2)21-5-3-4-6-22(21)27(33)24-16-29-25-15-19(30)10-13-23(25)28(24)34-20-11-7-18(8-12-20)9-14-26(31)32/h3-17,30H,1-2H3,(H,31,32)/b14-9+. The van der Waals surface area contributed by atoms with Gasteiger partial charge in [-0.1, -0.05) is 50.2 Å². The Labute approximate surface area is 196 Å². The summed E-state index contributed by atoms with van der Waals surface area (Å²) in [5.74, 6) is -0.216. The highest BCUT2D eigenvalue weighted by atomic mass is 16.5. The number of carbonyl (C=O) groups is 2. The quantitative estimate of drug-likeness (QED) is 0.256. The topological polar surface area (TPSA) is 96.7 Å². The molecule has 0 bridgehead atoms. The van der Waals surface area contributed by atoms with Gasteiger partial charge in [0.2, 0.25) is 0 Å². The Balaban J connectivity index is 1.81. The molecule has 1 heterocycles. The Hall–Kier alpha value is -4.45. The molecular formula is C28H23NO5. The highest BCUT2D eigenvalue weighted by Gasteiger charge is 2.22. The molecule has 0 saturated carbocycles. The monoisotopic (exact) mass is 453 g/mol. The smallest absolute Gasteiger partial charge is 0.328 e. The van der Waals surface area contributed by atoms with Crippen molar-refractivity contribution in [2.75, 3.05) is 0 Å². The van der Waals surface area contributed by atoms with Crippen molar-refractivity contribution in [2.45, 2.75) is 19.8 Å². The van der Waals surface area contributed by atoms with Crippen LogP contribution >= 0.6 is 0 Å². The van der Waals surface area contributed by atoms with Crippen LogP contribution in [0.15, 0.2) is 79.0 Å². The summed E-state index contributed by atoms with van der Waals surface area (Å²) in [5.41, 5.74) is 3.00. The van der Waals surface area contributed by atoms with Crippen molar-refractivity contribution >= 4 is 28.7 Å². The molecule has 0 fully saturated rings. The van der Waals surface area contributed by atoms with Crippen molar-refractivity contribution in [3.8, 4) is 17.2 Å². The molecule has 0 atom stereocenters. The summed E-state index contributed by atoms with van der Waals surface area (Å²) in [7, 11) is 0. The third-order valence-corrected chi connectivity index (χ3v) is 5.39. The Morgan fingerprint density at radius 2 is 1.71 bits per heavy atom. The second kappa shape index (κ2) is 9.58. The predicted molar refractivity (Wildman–Crippen MR) is 131 cm³/mol. The number of carboxylic acid groups (broad SMARTS) is 1. The minimum atomic E-state index is -1.03. The van der Waals surface area contributed by atoms with E-state index in [1.807, 2.05) is 32.0 Å². The van der Waals surface area contributed by atoms with Gasteiger partial charge in [0, 0.05) is 29.3 Å². The summed E-state index contributed by atoms with van der Waals surface area (Å²) in [6.45, 7) is 4.07. The summed E-state index contributed by atoms with van der Waals surface area (Å²) in [6.07, 6.45) is 4.01. The summed E-state index contributed by atoms with van der Waals surface area (Å²) in [5, 5.41) is 19.3. The third-order valence-electron chi connectivity index (χ3n) is 5.39. The number of phenolic OH excluding ortho intramolecular Hbond substituents is 1. The lowest BCUT2D eigenvalue weighted by molar-refractivity contribution is -0.131. The van der Waals surface area contributed by atoms with Crippen LogP contribution in [0.25, 0.3) is 17.0 Å². The largest absolute Gasteiger partial charge is 0.508 e. The van der Waals surface area contributed by atoms with Crippen LogP contribution in [-0.2, 0) is 4.79 Å². The van der Waals surface area contributed by atoms with Crippen molar-refractivity contribution in [1.82, 2.24) is 4.98 Å². The van der Waals surface area contributed by atoms with Crippen molar-refractivity contribution in [3.05, 3.63) is 101 Å². The van der Waals surface area contributed by atoms with E-state index in [9.17, 15) is 14.7 Å². The van der Waals surface area contributed by atoms with Gasteiger partial charge in [0.1, 0.15) is 17.2 Å². The van der Waals surface area contributed by atoms with E-state index in [0.29, 0.717) is 39.1 Å². The van der Waals surface area contributed by atoms with Crippen LogP contribution in [0.2, 0.25) is 0 Å². The van der Waals surface area contributed by atoms with Crippen LogP contribution < -0.4 is 4.74 Å². The molecule has 34 heavy (non-hydrogen) atoms. The van der Waals surface area contributed by atoms with E-state index in [1.54, 1.807) is 36.4 Å². The summed E-state index contributed by atoms with van der Waals surface area (Å²) < 4.78 is 6.20. The lowest BCUT2D eigenvalue weighted by atomic mass is 9.92. The van der Waals surface area contributed by atoms with Crippen LogP contribution in [0, 0.1) is 0 Å². The molecule has 0 aliphatic heterocycles. The molecule has 0 radical (unpaired) electrons. The summed E-state index contributed by atoms with van der Waals surface area (Å²) in [4.78, 5) is 28.8. The first-order chi connectivity index (χ1) is 16.3. The molecule has 0 saturated heterocycles. The molecule has 3 aromatic carbocycles. The van der Waals surface area contributed by atoms with Gasteiger partial charge in [-0.25, -0.2) is 4.79 Å². The minimum absolute atomic E-state index is 0.0600. The fourth-order valence-corrected chi connectivity index (χ4v) is 3.71. The molecule has 0 spiro atoms. The van der Waals surface area contributed by atoms with Crippen LogP contribution in [0.4, 0.5) is 0 Å². The van der Waals surface area contributed by atoms with E-state index in [-0.39, 0.29) is 17.5 Å². The second-order valence-corrected chi connectivity index (χ2v) is 8.12. The average molecular weight is 453 g/mol. The number of nitrogens with zero attached hydrogens (tertiary/aromatic N) is 1. The Bertz CT molecular complexity index is 1400. The van der Waals surface area contributed by atoms with Gasteiger partial charge < -0.3 is 14.9 Å². The highest BCUT2D eigenvalue weighted by Crippen LogP contribution is 2.36. The average Bonchev–Trinajstić information content (AvgIpc) is 2.83. The fourth-order valence-electron chi connectivity index (χ4n) is 3.71. The van der Waals surface area contributed by atoms with Gasteiger partial charge in [0.25, 0.3) is 0 Å². The summed E-state index contributed by atoms with van der Waals surface area (Å²) in [6, 6.07) is 19.0. The van der Waals surface area contributed by atoms with Gasteiger partial charge in [-0.05, 0) is 47.4 Å². The van der Waals surface area contributed by atoms with E-state index in [1.165, 1.54) is 24.4 Å². The number of aromatic nitrogens is 1. The lowest BCUT2D eigenvalue weighted by Crippen LogP contribution is -2.09. The number of hydrogen-bond acceptors (Lipinski definition) is 5. The van der Waals surface area contributed by atoms with E-state index >= 15 is 0 Å². The van der Waals surface area contributed by atoms with Gasteiger partial charge in [-0.3, -0.25) is 9.78 Å². The van der Waals surface area contributed by atoms with E-state index < -0.39 is 5.97 Å². The maximum Gasteiger partial charge on any atom is 0.328 e. The first-order valence-electron chi connectivity index (χ1n) is 10.8. The van der Waals surface area contributed by atoms with E-state index in [4.69, 9.17) is 9.84 Å². The maximum absolute atomic E-state index is 13.7. The zero-order chi connectivity index (χ0) is 24.2. The van der Waals surface area contributed by atoms with Crippen LogP contribution in [0.3, 0.4) is 0 Å². The first-order valence-corrected chi connectivity index (χ1v) is 10.8. The van der Waals surface area contributed by atoms with Gasteiger partial charge in [-0.2, -0.15) is 0 Å². The Kier molecular flexibility index (Phi) is 6.41. The van der Waals surface area contributed by atoms with Crippen molar-refractivity contribution in [2.24, 2.45) is 0 Å². The lowest BCUT2D eigenvalue weighted by Gasteiger charge is -2.16. The SMILES string of the molecule is CC(C)c1ccccc1C(=O)c1cnc2cc(O)ccc2c1Oc1ccc(/C=C/C(=O)O)cc1. The number of carboxylic acids is 1. The number of pyridine rings is 1. The van der Waals surface area contributed by atoms with E-state index in [0.717, 1.165) is 11.6 Å². The van der Waals surface area contributed by atoms with E-state index in [2.05, 4.69) is 4.98 Å². The van der Waals surface area contributed by atoms with Crippen LogP contribution in [0.5, 0.6) is 17.2 Å². The van der Waals surface area contributed by atoms with Gasteiger partial charge >= 0.3 is 5.97 Å². The van der Waals surface area contributed by atoms with Crippen LogP contribution in [-0.4, -0.2) is 26.9 Å². The van der Waals surface area contributed by atoms with Crippen molar-refractivity contribution < 1.29 is 24.5 Å². The molecule has 0 aliphatic carbocycles. The number of aromatic hydroxyl groups is 1. The Morgan fingerprint density at radius 3 is 2.41 bits per heavy atom. The number of hydrogen-bond donors (Lipinski definition) is 2. The number of rotatable bonds is 7. The fraction of sp³-hybridized carbons (Fsp3) is 0.107. The third kappa shape index (κ3) is 4.81.